The van der Waals surface area contributed by atoms with Crippen LogP contribution in [0.2, 0.25) is 0 Å². The van der Waals surface area contributed by atoms with Gasteiger partial charge in [0.05, 0.1) is 16.9 Å². The Bertz CT molecular complexity index is 1520. The van der Waals surface area contributed by atoms with Crippen LogP contribution < -0.4 is 4.90 Å². The number of benzene rings is 3. The molecule has 3 heterocycles. The lowest BCUT2D eigenvalue weighted by atomic mass is 10.1. The van der Waals surface area contributed by atoms with E-state index in [-0.39, 0.29) is 5.91 Å². The van der Waals surface area contributed by atoms with Crippen molar-refractivity contribution >= 4 is 56.9 Å². The van der Waals surface area contributed by atoms with Gasteiger partial charge in [-0.1, -0.05) is 60.3 Å². The van der Waals surface area contributed by atoms with E-state index >= 15 is 0 Å². The number of carbonyl (C=O) groups is 1. The van der Waals surface area contributed by atoms with Crippen LogP contribution in [0.25, 0.3) is 10.9 Å². The molecule has 0 unspecified atom stereocenters. The van der Waals surface area contributed by atoms with Crippen molar-refractivity contribution < 1.29 is 4.79 Å². The van der Waals surface area contributed by atoms with Crippen LogP contribution in [0, 0.1) is 0 Å². The van der Waals surface area contributed by atoms with Crippen LogP contribution in [0.15, 0.2) is 111 Å². The summed E-state index contributed by atoms with van der Waals surface area (Å²) in [5.74, 6) is 0.0193. The number of pyridine rings is 1. The second-order valence-electron chi connectivity index (χ2n) is 8.52. The van der Waals surface area contributed by atoms with Crippen LogP contribution in [-0.2, 0) is 11.2 Å². The number of fused-ring (bicyclic) bond motifs is 2. The van der Waals surface area contributed by atoms with Gasteiger partial charge in [0.1, 0.15) is 9.93 Å². The van der Waals surface area contributed by atoms with Crippen LogP contribution >= 0.6 is 23.5 Å². The molecule has 2 aliphatic heterocycles. The Morgan fingerprint density at radius 1 is 0.889 bits per heavy atom. The lowest BCUT2D eigenvalue weighted by Gasteiger charge is -2.19. The van der Waals surface area contributed by atoms with Gasteiger partial charge in [0.15, 0.2) is 5.17 Å². The second-order valence-corrected chi connectivity index (χ2v) is 10.5. The van der Waals surface area contributed by atoms with Gasteiger partial charge in [0.25, 0.3) is 5.91 Å². The average molecular weight is 509 g/mol. The van der Waals surface area contributed by atoms with Crippen LogP contribution in [-0.4, -0.2) is 34.0 Å². The maximum atomic E-state index is 13.9. The molecule has 1 saturated heterocycles. The van der Waals surface area contributed by atoms with Crippen molar-refractivity contribution in [2.24, 2.45) is 4.99 Å². The minimum absolute atomic E-state index is 0.0193. The van der Waals surface area contributed by atoms with E-state index in [9.17, 15) is 4.79 Å². The number of amides is 1. The third kappa shape index (κ3) is 4.29. The second kappa shape index (κ2) is 9.84. The van der Waals surface area contributed by atoms with Gasteiger partial charge in [-0.2, -0.15) is 0 Å². The molecule has 2 aliphatic rings. The Labute approximate surface area is 218 Å². The van der Waals surface area contributed by atoms with Gasteiger partial charge in [-0.15, -0.1) is 0 Å². The van der Waals surface area contributed by atoms with Crippen molar-refractivity contribution in [2.75, 3.05) is 18.0 Å². The largest absolute Gasteiger partial charge is 0.334 e. The van der Waals surface area contributed by atoms with Crippen molar-refractivity contribution in [3.63, 3.8) is 0 Å². The van der Waals surface area contributed by atoms with E-state index in [1.165, 1.54) is 22.2 Å². The maximum absolute atomic E-state index is 13.9. The first-order valence-electron chi connectivity index (χ1n) is 12.0. The smallest absolute Gasteiger partial charge is 0.269 e. The quantitative estimate of drug-likeness (QED) is 0.276. The number of para-hydroxylation sites is 1. The minimum Gasteiger partial charge on any atom is -0.334 e. The molecule has 6 rings (SSSR count). The summed E-state index contributed by atoms with van der Waals surface area (Å²) in [5, 5.41) is 2.74. The van der Waals surface area contributed by atoms with Gasteiger partial charge in [-0.05, 0) is 67.1 Å². The van der Waals surface area contributed by atoms with E-state index in [1.54, 1.807) is 18.0 Å². The summed E-state index contributed by atoms with van der Waals surface area (Å²) in [6.45, 7) is 3.49. The zero-order valence-corrected chi connectivity index (χ0v) is 21.4. The summed E-state index contributed by atoms with van der Waals surface area (Å²) in [6, 6.07) is 28.5. The standard InChI is InChI=1S/C29H24N4OS2/c1-2-32-24-12-6-7-13-25(24)35-28(32)26-27(34)33(18-16-20-9-4-3-5-10-20)29(36-26)31-22-14-15-23-21(19-22)11-8-17-30-23/h3-15,17,19H,2,16,18H2,1H3. The fourth-order valence-corrected chi connectivity index (χ4v) is 6.88. The lowest BCUT2D eigenvalue weighted by molar-refractivity contribution is -0.122. The number of nitrogens with zero attached hydrogens (tertiary/aromatic N) is 4. The van der Waals surface area contributed by atoms with E-state index in [1.807, 2.05) is 65.6 Å². The molecule has 0 radical (unpaired) electrons. The molecule has 1 amide bonds. The molecule has 4 aromatic rings. The van der Waals surface area contributed by atoms with Crippen molar-refractivity contribution in [3.05, 3.63) is 107 Å². The molecule has 3 aromatic carbocycles. The van der Waals surface area contributed by atoms with Gasteiger partial charge in [-0.3, -0.25) is 14.7 Å². The molecule has 178 valence electrons. The fraction of sp³-hybridized carbons (Fsp3) is 0.138. The Kier molecular flexibility index (Phi) is 6.25. The van der Waals surface area contributed by atoms with E-state index in [0.717, 1.165) is 45.2 Å². The summed E-state index contributed by atoms with van der Waals surface area (Å²) < 4.78 is 0. The Morgan fingerprint density at radius 3 is 2.58 bits per heavy atom. The van der Waals surface area contributed by atoms with Crippen LogP contribution in [0.3, 0.4) is 0 Å². The van der Waals surface area contributed by atoms with E-state index in [0.29, 0.717) is 11.7 Å². The molecule has 5 nitrogen and oxygen atoms in total. The zero-order chi connectivity index (χ0) is 24.5. The first kappa shape index (κ1) is 22.9. The topological polar surface area (TPSA) is 48.8 Å². The number of hydrogen-bond donors (Lipinski definition) is 0. The minimum atomic E-state index is 0.0193. The fourth-order valence-electron chi connectivity index (χ4n) is 4.46. The number of anilines is 1. The molecular formula is C29H24N4OS2. The Morgan fingerprint density at radius 2 is 1.72 bits per heavy atom. The highest BCUT2D eigenvalue weighted by atomic mass is 32.2. The number of carbonyl (C=O) groups excluding carboxylic acids is 1. The van der Waals surface area contributed by atoms with Gasteiger partial charge < -0.3 is 4.90 Å². The van der Waals surface area contributed by atoms with Gasteiger partial charge in [0, 0.05) is 29.6 Å². The highest BCUT2D eigenvalue weighted by Gasteiger charge is 2.39. The number of hydrogen-bond acceptors (Lipinski definition) is 6. The van der Waals surface area contributed by atoms with Gasteiger partial charge in [-0.25, -0.2) is 4.99 Å². The Balaban J connectivity index is 1.39. The molecule has 0 bridgehead atoms. The summed E-state index contributed by atoms with van der Waals surface area (Å²) in [4.78, 5) is 29.2. The molecule has 0 saturated carbocycles. The number of thioether (sulfide) groups is 2. The molecule has 0 N–H and O–H groups in total. The molecule has 1 aromatic heterocycles. The van der Waals surface area contributed by atoms with Crippen molar-refractivity contribution in [1.82, 2.24) is 9.88 Å². The van der Waals surface area contributed by atoms with Crippen LogP contribution in [0.1, 0.15) is 12.5 Å². The summed E-state index contributed by atoms with van der Waals surface area (Å²) in [6.07, 6.45) is 2.56. The predicted molar refractivity (Wildman–Crippen MR) is 151 cm³/mol. The SMILES string of the molecule is CCN1C(=C2SC(=Nc3ccc4ncccc4c3)N(CCc3ccccc3)C2=O)Sc2ccccc21. The first-order valence-corrected chi connectivity index (χ1v) is 13.6. The molecule has 0 atom stereocenters. The number of rotatable bonds is 5. The lowest BCUT2D eigenvalue weighted by Crippen LogP contribution is -2.32. The highest BCUT2D eigenvalue weighted by molar-refractivity contribution is 8.19. The number of aromatic nitrogens is 1. The highest BCUT2D eigenvalue weighted by Crippen LogP contribution is 2.50. The van der Waals surface area contributed by atoms with E-state index < -0.39 is 0 Å². The Hall–Kier alpha value is -3.55. The number of aliphatic imine (C=N–C) groups is 1. The van der Waals surface area contributed by atoms with E-state index in [2.05, 4.69) is 41.1 Å². The first-order chi connectivity index (χ1) is 17.7. The third-order valence-corrected chi connectivity index (χ3v) is 8.64. The molecular weight excluding hydrogens is 484 g/mol. The van der Waals surface area contributed by atoms with Crippen LogP contribution in [0.5, 0.6) is 0 Å². The summed E-state index contributed by atoms with van der Waals surface area (Å²) in [5.41, 5.74) is 4.10. The summed E-state index contributed by atoms with van der Waals surface area (Å²) in [7, 11) is 0. The molecule has 1 fully saturated rings. The zero-order valence-electron chi connectivity index (χ0n) is 19.8. The number of amidine groups is 1. The van der Waals surface area contributed by atoms with Crippen molar-refractivity contribution in [3.8, 4) is 0 Å². The third-order valence-electron chi connectivity index (χ3n) is 6.26. The summed E-state index contributed by atoms with van der Waals surface area (Å²) >= 11 is 3.15. The van der Waals surface area contributed by atoms with Crippen LogP contribution in [0.4, 0.5) is 11.4 Å². The van der Waals surface area contributed by atoms with Crippen molar-refractivity contribution in [2.45, 2.75) is 18.2 Å². The molecule has 7 heteroatoms. The molecule has 0 aliphatic carbocycles. The maximum Gasteiger partial charge on any atom is 0.269 e. The van der Waals surface area contributed by atoms with Gasteiger partial charge in [0.2, 0.25) is 0 Å². The average Bonchev–Trinajstić information content (AvgIpc) is 3.44. The molecule has 0 spiro atoms. The monoisotopic (exact) mass is 508 g/mol. The normalized spacial score (nSPS) is 18.5. The van der Waals surface area contributed by atoms with E-state index in [4.69, 9.17) is 4.99 Å². The predicted octanol–water partition coefficient (Wildman–Crippen LogP) is 6.84. The van der Waals surface area contributed by atoms with Crippen molar-refractivity contribution in [1.29, 1.82) is 0 Å². The molecule has 36 heavy (non-hydrogen) atoms. The van der Waals surface area contributed by atoms with Gasteiger partial charge >= 0.3 is 0 Å².